The normalized spacial score (nSPS) is 10.9. The molecule has 0 aliphatic rings. The number of benzene rings is 1. The van der Waals surface area contributed by atoms with Gasteiger partial charge in [-0.1, -0.05) is 0 Å². The van der Waals surface area contributed by atoms with Crippen LogP contribution >= 0.6 is 0 Å². The molecular weight excluding hydrogens is 312 g/mol. The number of hydrogen-bond donors (Lipinski definition) is 3. The highest BCUT2D eigenvalue weighted by Gasteiger charge is 2.28. The molecule has 1 rings (SSSR count). The van der Waals surface area contributed by atoms with Gasteiger partial charge in [0.25, 0.3) is 0 Å². The zero-order chi connectivity index (χ0) is 16.9. The van der Waals surface area contributed by atoms with Crippen LogP contribution in [0.1, 0.15) is 16.8 Å². The van der Waals surface area contributed by atoms with Crippen LogP contribution in [0.5, 0.6) is 0 Å². The molecule has 0 spiro atoms. The molecule has 0 aliphatic carbocycles. The fraction of sp³-hybridized carbons (Fsp3) is 0.250. The molecule has 0 atom stereocenters. The Labute approximate surface area is 121 Å². The lowest BCUT2D eigenvalue weighted by Crippen LogP contribution is -2.35. The fourth-order valence-corrected chi connectivity index (χ4v) is 1.36. The third-order valence-corrected chi connectivity index (χ3v) is 2.29. The maximum Gasteiger partial charge on any atom is 0.405 e. The number of halogens is 4. The van der Waals surface area contributed by atoms with E-state index in [-0.39, 0.29) is 5.56 Å². The fourth-order valence-electron chi connectivity index (χ4n) is 1.36. The summed E-state index contributed by atoms with van der Waals surface area (Å²) in [6, 6.07) is 2.58. The van der Waals surface area contributed by atoms with E-state index in [2.05, 4.69) is 0 Å². The van der Waals surface area contributed by atoms with Crippen molar-refractivity contribution in [1.29, 1.82) is 0 Å². The molecule has 6 nitrogen and oxygen atoms in total. The highest BCUT2D eigenvalue weighted by Crippen LogP contribution is 2.16. The first-order valence-corrected chi connectivity index (χ1v) is 5.74. The van der Waals surface area contributed by atoms with E-state index >= 15 is 0 Å². The number of carbonyl (C=O) groups excluding carboxylic acids is 2. The van der Waals surface area contributed by atoms with Gasteiger partial charge in [-0.05, 0) is 18.2 Å². The second-order valence-electron chi connectivity index (χ2n) is 4.12. The van der Waals surface area contributed by atoms with Gasteiger partial charge in [0, 0.05) is 0 Å². The zero-order valence-corrected chi connectivity index (χ0v) is 10.8. The van der Waals surface area contributed by atoms with Crippen molar-refractivity contribution < 1.29 is 37.1 Å². The van der Waals surface area contributed by atoms with Gasteiger partial charge in [-0.25, -0.2) is 9.18 Å². The van der Waals surface area contributed by atoms with Crippen molar-refractivity contribution in [1.82, 2.24) is 5.32 Å². The lowest BCUT2D eigenvalue weighted by molar-refractivity contribution is -0.140. The highest BCUT2D eigenvalue weighted by molar-refractivity contribution is 6.04. The third-order valence-electron chi connectivity index (χ3n) is 2.29. The molecule has 1 aromatic carbocycles. The Morgan fingerprint density at radius 2 is 1.77 bits per heavy atom. The van der Waals surface area contributed by atoms with Gasteiger partial charge in [-0.3, -0.25) is 9.59 Å². The molecule has 10 heteroatoms. The third kappa shape index (κ3) is 5.77. The number of hydrogen-bond acceptors (Lipinski definition) is 3. The largest absolute Gasteiger partial charge is 0.478 e. The Hall–Kier alpha value is -2.65. The average molecular weight is 322 g/mol. The summed E-state index contributed by atoms with van der Waals surface area (Å²) in [7, 11) is 0. The molecule has 0 saturated heterocycles. The van der Waals surface area contributed by atoms with Crippen LogP contribution in [-0.4, -0.2) is 35.6 Å². The minimum absolute atomic E-state index is 0.307. The molecule has 0 radical (unpaired) electrons. The number of nitrogens with one attached hydrogen (secondary N) is 2. The van der Waals surface area contributed by atoms with Crippen LogP contribution in [0.2, 0.25) is 0 Å². The van der Waals surface area contributed by atoms with Gasteiger partial charge in [0.1, 0.15) is 18.8 Å². The van der Waals surface area contributed by atoms with E-state index in [0.29, 0.717) is 0 Å². The SMILES string of the molecule is O=C(CC(=O)Nc1cc(C(=O)O)ccc1F)NCC(F)(F)F. The summed E-state index contributed by atoms with van der Waals surface area (Å²) in [6.45, 7) is -1.60. The maximum absolute atomic E-state index is 13.4. The van der Waals surface area contributed by atoms with Gasteiger partial charge in [0.2, 0.25) is 11.8 Å². The Bertz CT molecular complexity index is 601. The van der Waals surface area contributed by atoms with Crippen molar-refractivity contribution >= 4 is 23.5 Å². The summed E-state index contributed by atoms with van der Waals surface area (Å²) >= 11 is 0. The van der Waals surface area contributed by atoms with E-state index in [0.717, 1.165) is 18.2 Å². The molecule has 22 heavy (non-hydrogen) atoms. The van der Waals surface area contributed by atoms with Crippen LogP contribution in [0.3, 0.4) is 0 Å². The van der Waals surface area contributed by atoms with E-state index in [4.69, 9.17) is 5.11 Å². The van der Waals surface area contributed by atoms with Crippen molar-refractivity contribution in [2.24, 2.45) is 0 Å². The second kappa shape index (κ2) is 6.87. The van der Waals surface area contributed by atoms with Crippen LogP contribution in [0, 0.1) is 5.82 Å². The monoisotopic (exact) mass is 322 g/mol. The molecule has 3 N–H and O–H groups in total. The molecule has 1 aromatic rings. The van der Waals surface area contributed by atoms with E-state index in [1.807, 2.05) is 5.32 Å². The molecule has 0 saturated carbocycles. The highest BCUT2D eigenvalue weighted by atomic mass is 19.4. The van der Waals surface area contributed by atoms with Crippen LogP contribution in [0.25, 0.3) is 0 Å². The molecule has 0 bridgehead atoms. The number of carbonyl (C=O) groups is 3. The number of anilines is 1. The minimum atomic E-state index is -4.62. The first-order chi connectivity index (χ1) is 10.1. The molecule has 2 amide bonds. The molecule has 0 aliphatic heterocycles. The van der Waals surface area contributed by atoms with Crippen LogP contribution in [0.15, 0.2) is 18.2 Å². The number of aromatic carboxylic acids is 1. The summed E-state index contributed by atoms with van der Waals surface area (Å²) < 4.78 is 48.9. The Morgan fingerprint density at radius 3 is 2.32 bits per heavy atom. The summed E-state index contributed by atoms with van der Waals surface area (Å²) in [4.78, 5) is 33.2. The summed E-state index contributed by atoms with van der Waals surface area (Å²) in [5.74, 6) is -4.60. The zero-order valence-electron chi connectivity index (χ0n) is 10.8. The number of carboxylic acid groups (broad SMARTS) is 1. The van der Waals surface area contributed by atoms with Crippen LogP contribution in [0.4, 0.5) is 23.2 Å². The minimum Gasteiger partial charge on any atom is -0.478 e. The van der Waals surface area contributed by atoms with Gasteiger partial charge in [0.05, 0.1) is 11.3 Å². The first kappa shape index (κ1) is 17.4. The van der Waals surface area contributed by atoms with E-state index in [9.17, 15) is 31.9 Å². The predicted octanol–water partition coefficient (Wildman–Crippen LogP) is 1.53. The van der Waals surface area contributed by atoms with Crippen LogP contribution in [-0.2, 0) is 9.59 Å². The summed E-state index contributed by atoms with van der Waals surface area (Å²) in [5, 5.41) is 12.1. The molecule has 0 unspecified atom stereocenters. The number of rotatable bonds is 5. The quantitative estimate of drug-likeness (QED) is 0.566. The molecular formula is C12H10F4N2O4. The van der Waals surface area contributed by atoms with Crippen molar-refractivity contribution in [3.05, 3.63) is 29.6 Å². The van der Waals surface area contributed by atoms with E-state index in [1.165, 1.54) is 5.32 Å². The predicted molar refractivity (Wildman–Crippen MR) is 65.7 cm³/mol. The van der Waals surface area contributed by atoms with E-state index in [1.54, 1.807) is 0 Å². The van der Waals surface area contributed by atoms with Gasteiger partial charge >= 0.3 is 12.1 Å². The van der Waals surface area contributed by atoms with Gasteiger partial charge in [0.15, 0.2) is 0 Å². The number of alkyl halides is 3. The molecule has 0 fully saturated rings. The van der Waals surface area contributed by atoms with Gasteiger partial charge in [-0.2, -0.15) is 13.2 Å². The Balaban J connectivity index is 2.63. The molecule has 0 heterocycles. The summed E-state index contributed by atoms with van der Waals surface area (Å²) in [5.41, 5.74) is -0.799. The van der Waals surface area contributed by atoms with E-state index < -0.39 is 48.4 Å². The molecule has 120 valence electrons. The second-order valence-corrected chi connectivity index (χ2v) is 4.12. The smallest absolute Gasteiger partial charge is 0.405 e. The maximum atomic E-state index is 13.4. The van der Waals surface area contributed by atoms with Crippen molar-refractivity contribution in [3.8, 4) is 0 Å². The standard InChI is InChI=1S/C12H10F4N2O4/c13-7-2-1-6(11(21)22)3-8(7)18-10(20)4-9(19)17-5-12(14,15)16/h1-3H,4-5H2,(H,17,19)(H,18,20)(H,21,22). The lowest BCUT2D eigenvalue weighted by atomic mass is 10.2. The van der Waals surface area contributed by atoms with Gasteiger partial charge in [-0.15, -0.1) is 0 Å². The van der Waals surface area contributed by atoms with Crippen LogP contribution < -0.4 is 10.6 Å². The Kier molecular flexibility index (Phi) is 5.44. The first-order valence-electron chi connectivity index (χ1n) is 5.74. The number of amides is 2. The lowest BCUT2D eigenvalue weighted by Gasteiger charge is -2.09. The topological polar surface area (TPSA) is 95.5 Å². The van der Waals surface area contributed by atoms with Gasteiger partial charge < -0.3 is 15.7 Å². The van der Waals surface area contributed by atoms with Crippen molar-refractivity contribution in [3.63, 3.8) is 0 Å². The summed E-state index contributed by atoms with van der Waals surface area (Å²) in [6.07, 6.45) is -5.58. The number of carboxylic acids is 1. The average Bonchev–Trinajstić information content (AvgIpc) is 2.38. The Morgan fingerprint density at radius 1 is 1.14 bits per heavy atom. The van der Waals surface area contributed by atoms with Crippen molar-refractivity contribution in [2.75, 3.05) is 11.9 Å². The van der Waals surface area contributed by atoms with Crippen molar-refractivity contribution in [2.45, 2.75) is 12.6 Å². The molecule has 0 aromatic heterocycles.